The Morgan fingerprint density at radius 2 is 2.00 bits per heavy atom. The second-order valence-corrected chi connectivity index (χ2v) is 5.19. The lowest BCUT2D eigenvalue weighted by Crippen LogP contribution is -2.37. The molecule has 20 heavy (non-hydrogen) atoms. The predicted molar refractivity (Wildman–Crippen MR) is 73.5 cm³/mol. The molecule has 0 spiro atoms. The lowest BCUT2D eigenvalue weighted by Gasteiger charge is -2.18. The Kier molecular flexibility index (Phi) is 4.62. The Bertz CT molecular complexity index is 520. The van der Waals surface area contributed by atoms with Crippen LogP contribution in [0.5, 0.6) is 0 Å². The van der Waals surface area contributed by atoms with E-state index in [1.807, 2.05) is 25.1 Å². The van der Waals surface area contributed by atoms with Gasteiger partial charge >= 0.3 is 5.97 Å². The van der Waals surface area contributed by atoms with Crippen molar-refractivity contribution in [2.24, 2.45) is 0 Å². The van der Waals surface area contributed by atoms with E-state index in [-0.39, 0.29) is 11.9 Å². The molecule has 5 nitrogen and oxygen atoms in total. The number of ether oxygens (including phenoxy) is 1. The van der Waals surface area contributed by atoms with E-state index >= 15 is 0 Å². The fourth-order valence-corrected chi connectivity index (χ4v) is 2.52. The zero-order chi connectivity index (χ0) is 14.7. The Morgan fingerprint density at radius 3 is 2.60 bits per heavy atom. The van der Waals surface area contributed by atoms with Crippen molar-refractivity contribution in [1.82, 2.24) is 5.32 Å². The third kappa shape index (κ3) is 3.29. The predicted octanol–water partition coefficient (Wildman–Crippen LogP) is 2.15. The van der Waals surface area contributed by atoms with Crippen LogP contribution >= 0.6 is 11.6 Å². The molecule has 1 aliphatic rings. The van der Waals surface area contributed by atoms with Crippen LogP contribution in [-0.4, -0.2) is 29.2 Å². The van der Waals surface area contributed by atoms with E-state index in [2.05, 4.69) is 5.32 Å². The first kappa shape index (κ1) is 14.8. The molecule has 0 aliphatic carbocycles. The molecule has 1 amide bonds. The molecule has 2 rings (SSSR count). The second kappa shape index (κ2) is 6.24. The highest BCUT2D eigenvalue weighted by Crippen LogP contribution is 2.24. The van der Waals surface area contributed by atoms with Gasteiger partial charge in [-0.15, -0.1) is 0 Å². The number of amides is 1. The van der Waals surface area contributed by atoms with Crippen molar-refractivity contribution < 1.29 is 19.4 Å². The first-order valence-electron chi connectivity index (χ1n) is 6.42. The summed E-state index contributed by atoms with van der Waals surface area (Å²) >= 11 is 6.07. The molecule has 0 radical (unpaired) electrons. The number of aliphatic carboxylic acids is 1. The van der Waals surface area contributed by atoms with E-state index in [1.165, 1.54) is 0 Å². The molecule has 1 fully saturated rings. The molecule has 6 heteroatoms. The van der Waals surface area contributed by atoms with Crippen molar-refractivity contribution >= 4 is 23.5 Å². The number of carboxylic acid groups (broad SMARTS) is 1. The first-order valence-corrected chi connectivity index (χ1v) is 6.80. The number of hydrogen-bond donors (Lipinski definition) is 2. The molecule has 1 aromatic rings. The van der Waals surface area contributed by atoms with Gasteiger partial charge in [-0.1, -0.05) is 29.8 Å². The number of hydrogen-bond acceptors (Lipinski definition) is 3. The molecule has 108 valence electrons. The summed E-state index contributed by atoms with van der Waals surface area (Å²) in [6, 6.07) is 6.99. The van der Waals surface area contributed by atoms with Gasteiger partial charge in [-0.3, -0.25) is 4.79 Å². The van der Waals surface area contributed by atoms with Crippen LogP contribution in [-0.2, 0) is 14.3 Å². The van der Waals surface area contributed by atoms with E-state index < -0.39 is 18.2 Å². The molecular weight excluding hydrogens is 282 g/mol. The van der Waals surface area contributed by atoms with Gasteiger partial charge in [-0.25, -0.2) is 4.79 Å². The smallest absolute Gasteiger partial charge is 0.332 e. The highest BCUT2D eigenvalue weighted by atomic mass is 35.5. The molecule has 2 N–H and O–H groups in total. The van der Waals surface area contributed by atoms with Gasteiger partial charge in [0.2, 0.25) is 5.91 Å². The maximum absolute atomic E-state index is 12.0. The minimum absolute atomic E-state index is 0.260. The normalized spacial score (nSPS) is 23.3. The van der Waals surface area contributed by atoms with E-state index in [0.717, 1.165) is 5.56 Å². The average molecular weight is 298 g/mol. The second-order valence-electron chi connectivity index (χ2n) is 4.78. The van der Waals surface area contributed by atoms with Crippen LogP contribution in [0.3, 0.4) is 0 Å². The summed E-state index contributed by atoms with van der Waals surface area (Å²) in [5.41, 5.74) is 0.815. The van der Waals surface area contributed by atoms with E-state index in [4.69, 9.17) is 21.4 Å². The van der Waals surface area contributed by atoms with Gasteiger partial charge < -0.3 is 15.2 Å². The van der Waals surface area contributed by atoms with Crippen LogP contribution < -0.4 is 5.32 Å². The molecular formula is C14H16ClNO4. The largest absolute Gasteiger partial charge is 0.479 e. The van der Waals surface area contributed by atoms with Crippen molar-refractivity contribution in [2.75, 3.05) is 0 Å². The van der Waals surface area contributed by atoms with Crippen molar-refractivity contribution in [2.45, 2.75) is 38.0 Å². The summed E-state index contributed by atoms with van der Waals surface area (Å²) in [5.74, 6) is -1.33. The number of carbonyl (C=O) groups is 2. The maximum atomic E-state index is 12.0. The van der Waals surface area contributed by atoms with Crippen LogP contribution in [0.4, 0.5) is 0 Å². The fraction of sp³-hybridized carbons (Fsp3) is 0.429. The fourth-order valence-electron chi connectivity index (χ4n) is 2.22. The van der Waals surface area contributed by atoms with Crippen molar-refractivity contribution in [1.29, 1.82) is 0 Å². The van der Waals surface area contributed by atoms with Crippen LogP contribution in [0, 0.1) is 0 Å². The lowest BCUT2D eigenvalue weighted by molar-refractivity contribution is -0.151. The zero-order valence-corrected chi connectivity index (χ0v) is 11.8. The minimum atomic E-state index is -1.03. The van der Waals surface area contributed by atoms with Crippen LogP contribution in [0.2, 0.25) is 5.02 Å². The summed E-state index contributed by atoms with van der Waals surface area (Å²) in [6.45, 7) is 1.82. The maximum Gasteiger partial charge on any atom is 0.332 e. The topological polar surface area (TPSA) is 75.6 Å². The zero-order valence-electron chi connectivity index (χ0n) is 11.0. The molecule has 1 saturated heterocycles. The molecule has 0 bridgehead atoms. The minimum Gasteiger partial charge on any atom is -0.479 e. The number of nitrogens with one attached hydrogen (secondary N) is 1. The van der Waals surface area contributed by atoms with Gasteiger partial charge in [-0.05, 0) is 31.4 Å². The third-order valence-electron chi connectivity index (χ3n) is 3.32. The summed E-state index contributed by atoms with van der Waals surface area (Å²) in [6.07, 6.45) is -0.825. The number of benzene rings is 1. The van der Waals surface area contributed by atoms with Gasteiger partial charge in [0.15, 0.2) is 6.10 Å². The molecule has 1 heterocycles. The molecule has 0 saturated carbocycles. The van der Waals surface area contributed by atoms with Crippen LogP contribution in [0.1, 0.15) is 31.4 Å². The SMILES string of the molecule is C[C@H](NC(=O)[C@@H]1CC[C@H](C(=O)O)O1)c1ccccc1Cl. The van der Waals surface area contributed by atoms with E-state index in [9.17, 15) is 9.59 Å². The van der Waals surface area contributed by atoms with Crippen LogP contribution in [0.25, 0.3) is 0 Å². The van der Waals surface area contributed by atoms with Crippen molar-refractivity contribution in [3.63, 3.8) is 0 Å². The van der Waals surface area contributed by atoms with E-state index in [1.54, 1.807) is 6.07 Å². The highest BCUT2D eigenvalue weighted by molar-refractivity contribution is 6.31. The number of carboxylic acids is 1. The quantitative estimate of drug-likeness (QED) is 0.893. The Balaban J connectivity index is 1.95. The summed E-state index contributed by atoms with van der Waals surface area (Å²) in [7, 11) is 0. The number of halogens is 1. The Morgan fingerprint density at radius 1 is 1.35 bits per heavy atom. The van der Waals surface area contributed by atoms with Gasteiger partial charge in [0.1, 0.15) is 6.10 Å². The molecule has 1 aromatic carbocycles. The Hall–Kier alpha value is -1.59. The van der Waals surface area contributed by atoms with Gasteiger partial charge in [0, 0.05) is 5.02 Å². The lowest BCUT2D eigenvalue weighted by atomic mass is 10.1. The average Bonchev–Trinajstić information content (AvgIpc) is 2.88. The van der Waals surface area contributed by atoms with Gasteiger partial charge in [0.25, 0.3) is 0 Å². The molecule has 0 unspecified atom stereocenters. The van der Waals surface area contributed by atoms with E-state index in [0.29, 0.717) is 17.9 Å². The highest BCUT2D eigenvalue weighted by Gasteiger charge is 2.35. The first-order chi connectivity index (χ1) is 9.49. The molecule has 0 aromatic heterocycles. The standard InChI is InChI=1S/C14H16ClNO4/c1-8(9-4-2-3-5-10(9)15)16-13(17)11-6-7-12(20-11)14(18)19/h2-5,8,11-12H,6-7H2,1H3,(H,16,17)(H,18,19)/t8-,11-,12+/m0/s1. The summed E-state index contributed by atoms with van der Waals surface area (Å²) in [4.78, 5) is 22.8. The van der Waals surface area contributed by atoms with Gasteiger partial charge in [-0.2, -0.15) is 0 Å². The summed E-state index contributed by atoms with van der Waals surface area (Å²) < 4.78 is 5.21. The van der Waals surface area contributed by atoms with Gasteiger partial charge in [0.05, 0.1) is 6.04 Å². The monoisotopic (exact) mass is 297 g/mol. The number of carbonyl (C=O) groups excluding carboxylic acids is 1. The molecule has 3 atom stereocenters. The van der Waals surface area contributed by atoms with Crippen molar-refractivity contribution in [3.05, 3.63) is 34.9 Å². The van der Waals surface area contributed by atoms with Crippen LogP contribution in [0.15, 0.2) is 24.3 Å². The molecule has 1 aliphatic heterocycles. The number of rotatable bonds is 4. The summed E-state index contributed by atoms with van der Waals surface area (Å²) in [5, 5.41) is 12.2. The third-order valence-corrected chi connectivity index (χ3v) is 3.66. The Labute approximate surface area is 121 Å². The van der Waals surface area contributed by atoms with Crippen molar-refractivity contribution in [3.8, 4) is 0 Å².